The summed E-state index contributed by atoms with van der Waals surface area (Å²) in [4.78, 5) is 12.8. The lowest BCUT2D eigenvalue weighted by atomic mass is 9.93. The van der Waals surface area contributed by atoms with Gasteiger partial charge in [-0.3, -0.25) is 4.98 Å². The van der Waals surface area contributed by atoms with Gasteiger partial charge in [0.1, 0.15) is 17.5 Å². The lowest BCUT2D eigenvalue weighted by Gasteiger charge is -2.26. The van der Waals surface area contributed by atoms with Gasteiger partial charge in [-0.05, 0) is 56.2 Å². The van der Waals surface area contributed by atoms with Crippen LogP contribution in [0.2, 0.25) is 0 Å². The van der Waals surface area contributed by atoms with E-state index in [1.54, 1.807) is 12.4 Å². The van der Waals surface area contributed by atoms with Crippen molar-refractivity contribution in [2.75, 3.05) is 17.2 Å². The highest BCUT2D eigenvalue weighted by Crippen LogP contribution is 2.23. The summed E-state index contributed by atoms with van der Waals surface area (Å²) in [5.74, 6) is 1.07. The van der Waals surface area contributed by atoms with Crippen molar-refractivity contribution in [1.82, 2.24) is 15.0 Å². The first-order chi connectivity index (χ1) is 12.7. The van der Waals surface area contributed by atoms with E-state index in [0.29, 0.717) is 23.9 Å². The number of aryl methyl sites for hydroxylation is 1. The Kier molecular flexibility index (Phi) is 5.97. The maximum atomic E-state index is 9.63. The number of aliphatic hydroxyl groups is 1. The second kappa shape index (κ2) is 8.59. The molecule has 7 nitrogen and oxygen atoms in total. The van der Waals surface area contributed by atoms with Crippen LogP contribution in [0.15, 0.2) is 24.7 Å². The van der Waals surface area contributed by atoms with Crippen LogP contribution in [0.5, 0.6) is 0 Å². The number of nitriles is 1. The highest BCUT2D eigenvalue weighted by Gasteiger charge is 2.20. The third kappa shape index (κ3) is 4.67. The summed E-state index contributed by atoms with van der Waals surface area (Å²) in [6, 6.07) is 4.38. The second-order valence-corrected chi connectivity index (χ2v) is 6.70. The zero-order valence-electron chi connectivity index (χ0n) is 14.9. The Morgan fingerprint density at radius 2 is 2.08 bits per heavy atom. The largest absolute Gasteiger partial charge is 0.393 e. The molecule has 0 aromatic carbocycles. The molecule has 7 heteroatoms. The number of rotatable bonds is 6. The zero-order valence-corrected chi connectivity index (χ0v) is 14.9. The summed E-state index contributed by atoms with van der Waals surface area (Å²) in [6.07, 6.45) is 9.15. The average molecular weight is 352 g/mol. The molecule has 3 N–H and O–H groups in total. The first-order valence-corrected chi connectivity index (χ1v) is 9.01. The molecule has 2 aromatic rings. The second-order valence-electron chi connectivity index (χ2n) is 6.70. The molecular formula is C19H24N6O. The van der Waals surface area contributed by atoms with Gasteiger partial charge < -0.3 is 15.7 Å². The smallest absolute Gasteiger partial charge is 0.224 e. The maximum absolute atomic E-state index is 9.63. The maximum Gasteiger partial charge on any atom is 0.224 e. The summed E-state index contributed by atoms with van der Waals surface area (Å²) < 4.78 is 0. The number of hydrogen-bond acceptors (Lipinski definition) is 7. The zero-order chi connectivity index (χ0) is 18.4. The molecule has 3 rings (SSSR count). The Morgan fingerprint density at radius 1 is 1.27 bits per heavy atom. The van der Waals surface area contributed by atoms with Gasteiger partial charge in [0.05, 0.1) is 12.3 Å². The number of aromatic nitrogens is 3. The molecule has 0 unspecified atom stereocenters. The van der Waals surface area contributed by atoms with Gasteiger partial charge in [-0.1, -0.05) is 0 Å². The number of pyridine rings is 1. The Bertz CT molecular complexity index is 780. The van der Waals surface area contributed by atoms with Crippen LogP contribution in [0.25, 0.3) is 0 Å². The fourth-order valence-electron chi connectivity index (χ4n) is 3.16. The van der Waals surface area contributed by atoms with Gasteiger partial charge in [0.15, 0.2) is 0 Å². The number of anilines is 2. The minimum Gasteiger partial charge on any atom is -0.393 e. The summed E-state index contributed by atoms with van der Waals surface area (Å²) >= 11 is 0. The van der Waals surface area contributed by atoms with E-state index in [9.17, 15) is 10.4 Å². The molecule has 136 valence electrons. The fraction of sp³-hybridized carbons (Fsp3) is 0.474. The summed E-state index contributed by atoms with van der Waals surface area (Å²) in [5.41, 5.74) is 2.84. The molecule has 0 saturated heterocycles. The van der Waals surface area contributed by atoms with E-state index in [1.165, 1.54) is 5.56 Å². The number of nitrogens with zero attached hydrogens (tertiary/aromatic N) is 4. The van der Waals surface area contributed by atoms with E-state index >= 15 is 0 Å². The SMILES string of the molecule is Cc1cnccc1CCNc1ncc(C#N)c(N[C@H]2CC[C@@H](O)CC2)n1. The van der Waals surface area contributed by atoms with Crippen LogP contribution in [0.3, 0.4) is 0 Å². The average Bonchev–Trinajstić information content (AvgIpc) is 2.65. The van der Waals surface area contributed by atoms with E-state index in [-0.39, 0.29) is 12.1 Å². The van der Waals surface area contributed by atoms with Crippen molar-refractivity contribution in [3.8, 4) is 6.07 Å². The Morgan fingerprint density at radius 3 is 2.81 bits per heavy atom. The molecule has 0 atom stereocenters. The fourth-order valence-corrected chi connectivity index (χ4v) is 3.16. The van der Waals surface area contributed by atoms with Crippen molar-refractivity contribution < 1.29 is 5.11 Å². The van der Waals surface area contributed by atoms with E-state index in [1.807, 2.05) is 19.2 Å². The third-order valence-electron chi connectivity index (χ3n) is 4.76. The Balaban J connectivity index is 1.61. The van der Waals surface area contributed by atoms with Crippen molar-refractivity contribution in [2.24, 2.45) is 0 Å². The minimum atomic E-state index is -0.206. The normalized spacial score (nSPS) is 19.6. The van der Waals surface area contributed by atoms with Gasteiger partial charge >= 0.3 is 0 Å². The summed E-state index contributed by atoms with van der Waals surface area (Å²) in [7, 11) is 0. The molecule has 2 aromatic heterocycles. The Hall–Kier alpha value is -2.72. The molecule has 1 aliphatic rings. The van der Waals surface area contributed by atoms with Crippen LogP contribution in [-0.2, 0) is 6.42 Å². The predicted octanol–water partition coefficient (Wildman–Crippen LogP) is 2.42. The van der Waals surface area contributed by atoms with Gasteiger partial charge in [-0.2, -0.15) is 10.2 Å². The van der Waals surface area contributed by atoms with Gasteiger partial charge in [-0.25, -0.2) is 4.98 Å². The number of aliphatic hydroxyl groups excluding tert-OH is 1. The van der Waals surface area contributed by atoms with Crippen molar-refractivity contribution in [3.63, 3.8) is 0 Å². The Labute approximate surface area is 153 Å². The monoisotopic (exact) mass is 352 g/mol. The molecule has 2 heterocycles. The standard InChI is InChI=1S/C19H24N6O/c1-13-11-21-8-6-14(13)7-9-22-19-23-12-15(10-20)18(25-19)24-16-2-4-17(26)5-3-16/h6,8,11-12,16-17,26H,2-5,7,9H2,1H3,(H2,22,23,24,25)/t16-,17+. The van der Waals surface area contributed by atoms with E-state index in [2.05, 4.69) is 31.7 Å². The molecule has 1 saturated carbocycles. The van der Waals surface area contributed by atoms with Crippen LogP contribution < -0.4 is 10.6 Å². The highest BCUT2D eigenvalue weighted by atomic mass is 16.3. The summed E-state index contributed by atoms with van der Waals surface area (Å²) in [6.45, 7) is 2.75. The van der Waals surface area contributed by atoms with Crippen molar-refractivity contribution >= 4 is 11.8 Å². The van der Waals surface area contributed by atoms with E-state index in [4.69, 9.17) is 0 Å². The van der Waals surface area contributed by atoms with Crippen LogP contribution in [0, 0.1) is 18.3 Å². The molecule has 0 radical (unpaired) electrons. The van der Waals surface area contributed by atoms with Crippen LogP contribution >= 0.6 is 0 Å². The van der Waals surface area contributed by atoms with Gasteiger partial charge in [0, 0.05) is 25.0 Å². The molecule has 0 spiro atoms. The number of nitrogens with one attached hydrogen (secondary N) is 2. The van der Waals surface area contributed by atoms with Gasteiger partial charge in [0.25, 0.3) is 0 Å². The van der Waals surface area contributed by atoms with Gasteiger partial charge in [-0.15, -0.1) is 0 Å². The number of hydrogen-bond donors (Lipinski definition) is 3. The van der Waals surface area contributed by atoms with Gasteiger partial charge in [0.2, 0.25) is 5.95 Å². The highest BCUT2D eigenvalue weighted by molar-refractivity contribution is 5.54. The molecule has 1 aliphatic carbocycles. The van der Waals surface area contributed by atoms with Crippen LogP contribution in [0.4, 0.5) is 11.8 Å². The van der Waals surface area contributed by atoms with Crippen LogP contribution in [0.1, 0.15) is 42.4 Å². The molecule has 0 bridgehead atoms. The van der Waals surface area contributed by atoms with Crippen molar-refractivity contribution in [2.45, 2.75) is 51.2 Å². The predicted molar refractivity (Wildman–Crippen MR) is 99.8 cm³/mol. The quantitative estimate of drug-likeness (QED) is 0.733. The topological polar surface area (TPSA) is 107 Å². The van der Waals surface area contributed by atoms with Crippen LogP contribution in [-0.4, -0.2) is 38.7 Å². The molecular weight excluding hydrogens is 328 g/mol. The summed E-state index contributed by atoms with van der Waals surface area (Å²) in [5, 5.41) is 25.5. The molecule has 1 fully saturated rings. The molecule has 0 amide bonds. The van der Waals surface area contributed by atoms with Crippen molar-refractivity contribution in [1.29, 1.82) is 5.26 Å². The lowest BCUT2D eigenvalue weighted by Crippen LogP contribution is -2.29. The van der Waals surface area contributed by atoms with Crippen molar-refractivity contribution in [3.05, 3.63) is 41.3 Å². The lowest BCUT2D eigenvalue weighted by molar-refractivity contribution is 0.126. The minimum absolute atomic E-state index is 0.206. The molecule has 26 heavy (non-hydrogen) atoms. The third-order valence-corrected chi connectivity index (χ3v) is 4.76. The molecule has 0 aliphatic heterocycles. The van der Waals surface area contributed by atoms with E-state index in [0.717, 1.165) is 37.7 Å². The van der Waals surface area contributed by atoms with E-state index < -0.39 is 0 Å². The first kappa shape index (κ1) is 18.1. The first-order valence-electron chi connectivity index (χ1n) is 9.01.